The Hall–Kier alpha value is -3.06. The molecule has 34 heavy (non-hydrogen) atoms. The molecule has 0 radical (unpaired) electrons. The van der Waals surface area contributed by atoms with Crippen LogP contribution in [0.5, 0.6) is 5.75 Å². The molecule has 1 fully saturated rings. The van der Waals surface area contributed by atoms with Crippen molar-refractivity contribution in [2.24, 2.45) is 5.92 Å². The summed E-state index contributed by atoms with van der Waals surface area (Å²) in [6.45, 7) is 9.90. The molecule has 2 amide bonds. The molecule has 2 heterocycles. The lowest BCUT2D eigenvalue weighted by molar-refractivity contribution is -0.148. The predicted molar refractivity (Wildman–Crippen MR) is 130 cm³/mol. The maximum atomic E-state index is 12.4. The zero-order valence-corrected chi connectivity index (χ0v) is 20.4. The molecule has 2 aliphatic heterocycles. The van der Waals surface area contributed by atoms with Crippen LogP contribution in [-0.4, -0.2) is 48.4 Å². The van der Waals surface area contributed by atoms with Crippen LogP contribution in [0.25, 0.3) is 11.1 Å². The Morgan fingerprint density at radius 1 is 1.06 bits per heavy atom. The largest absolute Gasteiger partial charge is 0.464 e. The van der Waals surface area contributed by atoms with E-state index >= 15 is 0 Å². The minimum absolute atomic E-state index is 0.0783. The molecule has 182 valence electrons. The maximum absolute atomic E-state index is 12.4. The first kappa shape index (κ1) is 24.1. The SMILES string of the molecule is CCOC(=O)N1CCC(C2OCc3cc(-c4ccc(C(=O)NC(C)(C)C)cc4)ccc3O2)CC1. The standard InChI is InChI=1S/C27H34N2O5/c1-5-32-26(31)29-14-12-20(13-15-29)25-33-17-22-16-21(10-11-23(22)34-25)18-6-8-19(9-7-18)24(30)28-27(2,3)4/h6-11,16,20,25H,5,12-15,17H2,1-4H3,(H,28,30). The molecule has 0 spiro atoms. The van der Waals surface area contributed by atoms with Gasteiger partial charge in [-0.1, -0.05) is 18.2 Å². The van der Waals surface area contributed by atoms with Crippen molar-refractivity contribution in [2.45, 2.75) is 59.0 Å². The zero-order valence-electron chi connectivity index (χ0n) is 20.4. The van der Waals surface area contributed by atoms with E-state index < -0.39 is 0 Å². The van der Waals surface area contributed by atoms with E-state index in [0.29, 0.717) is 31.9 Å². The molecule has 1 N–H and O–H groups in total. The molecule has 2 aromatic carbocycles. The molecule has 1 atom stereocenters. The van der Waals surface area contributed by atoms with Gasteiger partial charge < -0.3 is 24.4 Å². The molecule has 4 rings (SSSR count). The number of fused-ring (bicyclic) bond motifs is 1. The lowest BCUT2D eigenvalue weighted by Crippen LogP contribution is -2.44. The smallest absolute Gasteiger partial charge is 0.409 e. The number of benzene rings is 2. The fourth-order valence-corrected chi connectivity index (χ4v) is 4.35. The zero-order chi connectivity index (χ0) is 24.3. The van der Waals surface area contributed by atoms with Gasteiger partial charge in [-0.3, -0.25) is 4.79 Å². The highest BCUT2D eigenvalue weighted by Gasteiger charge is 2.33. The summed E-state index contributed by atoms with van der Waals surface area (Å²) in [6.07, 6.45) is 1.11. The van der Waals surface area contributed by atoms with Gasteiger partial charge in [0.05, 0.1) is 13.2 Å². The third kappa shape index (κ3) is 5.70. The van der Waals surface area contributed by atoms with Crippen LogP contribution in [0.3, 0.4) is 0 Å². The molecule has 1 unspecified atom stereocenters. The highest BCUT2D eigenvalue weighted by atomic mass is 16.7. The third-order valence-corrected chi connectivity index (χ3v) is 6.13. The van der Waals surface area contributed by atoms with Crippen LogP contribution in [0.2, 0.25) is 0 Å². The average molecular weight is 467 g/mol. The topological polar surface area (TPSA) is 77.1 Å². The molecule has 7 nitrogen and oxygen atoms in total. The predicted octanol–water partition coefficient (Wildman–Crippen LogP) is 4.99. The first-order valence-electron chi connectivity index (χ1n) is 12.0. The van der Waals surface area contributed by atoms with Crippen LogP contribution in [0.15, 0.2) is 42.5 Å². The summed E-state index contributed by atoms with van der Waals surface area (Å²) >= 11 is 0. The molecule has 2 aliphatic rings. The first-order valence-corrected chi connectivity index (χ1v) is 12.0. The number of ether oxygens (including phenoxy) is 3. The van der Waals surface area contributed by atoms with E-state index in [-0.39, 0.29) is 29.7 Å². The summed E-state index contributed by atoms with van der Waals surface area (Å²) in [5.41, 5.74) is 3.45. The van der Waals surface area contributed by atoms with E-state index in [2.05, 4.69) is 11.4 Å². The van der Waals surface area contributed by atoms with Crippen molar-refractivity contribution in [1.29, 1.82) is 0 Å². The van der Waals surface area contributed by atoms with Crippen LogP contribution in [0.1, 0.15) is 56.5 Å². The number of nitrogens with zero attached hydrogens (tertiary/aromatic N) is 1. The van der Waals surface area contributed by atoms with Crippen molar-refractivity contribution in [3.05, 3.63) is 53.6 Å². The Balaban J connectivity index is 1.37. The molecule has 0 aliphatic carbocycles. The van der Waals surface area contributed by atoms with Gasteiger partial charge in [-0.15, -0.1) is 0 Å². The van der Waals surface area contributed by atoms with Crippen molar-refractivity contribution >= 4 is 12.0 Å². The van der Waals surface area contributed by atoms with Crippen LogP contribution < -0.4 is 10.1 Å². The average Bonchev–Trinajstić information content (AvgIpc) is 2.83. The Morgan fingerprint density at radius 2 is 1.74 bits per heavy atom. The monoisotopic (exact) mass is 466 g/mol. The molecule has 7 heteroatoms. The minimum Gasteiger partial charge on any atom is -0.464 e. The second-order valence-corrected chi connectivity index (χ2v) is 9.92. The summed E-state index contributed by atoms with van der Waals surface area (Å²) in [4.78, 5) is 26.0. The van der Waals surface area contributed by atoms with Crippen molar-refractivity contribution in [2.75, 3.05) is 19.7 Å². The second-order valence-electron chi connectivity index (χ2n) is 9.92. The van der Waals surface area contributed by atoms with Gasteiger partial charge >= 0.3 is 6.09 Å². The Morgan fingerprint density at radius 3 is 2.38 bits per heavy atom. The number of amides is 2. The van der Waals surface area contributed by atoms with Crippen molar-refractivity contribution in [1.82, 2.24) is 10.2 Å². The number of nitrogens with one attached hydrogen (secondary N) is 1. The Kier molecular flexibility index (Phi) is 7.12. The number of carbonyl (C=O) groups excluding carboxylic acids is 2. The third-order valence-electron chi connectivity index (χ3n) is 6.13. The summed E-state index contributed by atoms with van der Waals surface area (Å²) in [5.74, 6) is 1.00. The first-order chi connectivity index (χ1) is 16.2. The van der Waals surface area contributed by atoms with Gasteiger partial charge in [-0.05, 0) is 75.9 Å². The maximum Gasteiger partial charge on any atom is 0.409 e. The Labute approximate surface area is 201 Å². The van der Waals surface area contributed by atoms with Gasteiger partial charge in [0.1, 0.15) is 5.75 Å². The fraction of sp³-hybridized carbons (Fsp3) is 0.481. The number of hydrogen-bond acceptors (Lipinski definition) is 5. The Bertz CT molecular complexity index is 1020. The number of carbonyl (C=O) groups is 2. The molecular weight excluding hydrogens is 432 g/mol. The van der Waals surface area contributed by atoms with Gasteiger partial charge in [0, 0.05) is 35.7 Å². The molecule has 2 aromatic rings. The lowest BCUT2D eigenvalue weighted by atomic mass is 9.95. The summed E-state index contributed by atoms with van der Waals surface area (Å²) in [7, 11) is 0. The van der Waals surface area contributed by atoms with E-state index in [1.54, 1.807) is 4.90 Å². The number of likely N-dealkylation sites (tertiary alicyclic amines) is 1. The van der Waals surface area contributed by atoms with Gasteiger partial charge in [-0.25, -0.2) is 4.79 Å². The van der Waals surface area contributed by atoms with Crippen LogP contribution in [0, 0.1) is 5.92 Å². The molecule has 1 saturated heterocycles. The highest BCUT2D eigenvalue weighted by molar-refractivity contribution is 5.95. The number of hydrogen-bond donors (Lipinski definition) is 1. The van der Waals surface area contributed by atoms with Gasteiger partial charge in [0.2, 0.25) is 6.29 Å². The van der Waals surface area contributed by atoms with E-state index in [1.807, 2.05) is 64.1 Å². The molecule has 0 saturated carbocycles. The van der Waals surface area contributed by atoms with Crippen LogP contribution in [0.4, 0.5) is 4.79 Å². The number of rotatable bonds is 4. The lowest BCUT2D eigenvalue weighted by Gasteiger charge is -2.37. The van der Waals surface area contributed by atoms with Crippen LogP contribution in [-0.2, 0) is 16.1 Å². The van der Waals surface area contributed by atoms with Gasteiger partial charge in [0.15, 0.2) is 0 Å². The van der Waals surface area contributed by atoms with Crippen molar-refractivity contribution < 1.29 is 23.8 Å². The fourth-order valence-electron chi connectivity index (χ4n) is 4.35. The summed E-state index contributed by atoms with van der Waals surface area (Å²) < 4.78 is 17.4. The normalized spacial score (nSPS) is 18.6. The quantitative estimate of drug-likeness (QED) is 0.687. The van der Waals surface area contributed by atoms with E-state index in [4.69, 9.17) is 14.2 Å². The highest BCUT2D eigenvalue weighted by Crippen LogP contribution is 2.35. The second kappa shape index (κ2) is 10.1. The van der Waals surface area contributed by atoms with Crippen molar-refractivity contribution in [3.8, 4) is 16.9 Å². The molecule has 0 bridgehead atoms. The van der Waals surface area contributed by atoms with E-state index in [9.17, 15) is 9.59 Å². The molecule has 0 aromatic heterocycles. The van der Waals surface area contributed by atoms with Gasteiger partial charge in [-0.2, -0.15) is 0 Å². The van der Waals surface area contributed by atoms with E-state index in [1.165, 1.54) is 0 Å². The van der Waals surface area contributed by atoms with E-state index in [0.717, 1.165) is 35.3 Å². The minimum atomic E-state index is -0.302. The summed E-state index contributed by atoms with van der Waals surface area (Å²) in [6, 6.07) is 13.7. The molecular formula is C27H34N2O5. The number of piperidine rings is 1. The van der Waals surface area contributed by atoms with Gasteiger partial charge in [0.25, 0.3) is 5.91 Å². The summed E-state index contributed by atoms with van der Waals surface area (Å²) in [5, 5.41) is 2.98. The van der Waals surface area contributed by atoms with Crippen molar-refractivity contribution in [3.63, 3.8) is 0 Å². The van der Waals surface area contributed by atoms with Crippen LogP contribution >= 0.6 is 0 Å².